The first-order valence-corrected chi connectivity index (χ1v) is 4.01. The molecular weight excluding hydrogens is 169 g/mol. The van der Waals surface area contributed by atoms with Crippen molar-refractivity contribution < 1.29 is 13.2 Å². The third-order valence-electron chi connectivity index (χ3n) is 1.96. The highest BCUT2D eigenvalue weighted by molar-refractivity contribution is 4.82. The van der Waals surface area contributed by atoms with Gasteiger partial charge in [0.05, 0.1) is 0 Å². The summed E-state index contributed by atoms with van der Waals surface area (Å²) in [6.45, 7) is 0.445. The summed E-state index contributed by atoms with van der Waals surface area (Å²) in [6, 6.07) is 0.528. The van der Waals surface area contributed by atoms with Crippen LogP contribution in [-0.2, 0) is 0 Å². The maximum Gasteiger partial charge on any atom is 0.457 e. The van der Waals surface area contributed by atoms with Crippen LogP contribution in [-0.4, -0.2) is 37.4 Å². The first-order valence-electron chi connectivity index (χ1n) is 4.01. The lowest BCUT2D eigenvalue weighted by Crippen LogP contribution is -2.38. The predicted molar refractivity (Wildman–Crippen MR) is 39.7 cm³/mol. The molecule has 72 valence electrons. The summed E-state index contributed by atoms with van der Waals surface area (Å²) in [5.41, 5.74) is 0. The van der Waals surface area contributed by atoms with Gasteiger partial charge in [0.2, 0.25) is 0 Å². The molecule has 0 spiro atoms. The van der Waals surface area contributed by atoms with E-state index in [1.165, 1.54) is 5.32 Å². The van der Waals surface area contributed by atoms with Gasteiger partial charge in [0.1, 0.15) is 0 Å². The van der Waals surface area contributed by atoms with Crippen LogP contribution in [0.2, 0.25) is 0 Å². The fraction of sp³-hybridized carbons (Fsp3) is 1.00. The Morgan fingerprint density at radius 1 is 1.42 bits per heavy atom. The minimum atomic E-state index is -4.23. The molecule has 1 aliphatic carbocycles. The van der Waals surface area contributed by atoms with Crippen LogP contribution in [0.1, 0.15) is 12.8 Å². The zero-order chi connectivity index (χ0) is 9.19. The van der Waals surface area contributed by atoms with E-state index >= 15 is 0 Å². The van der Waals surface area contributed by atoms with Crippen LogP contribution in [0, 0.1) is 0 Å². The summed E-state index contributed by atoms with van der Waals surface area (Å²) < 4.78 is 34.8. The Morgan fingerprint density at radius 3 is 2.42 bits per heavy atom. The Hall–Kier alpha value is -0.290. The largest absolute Gasteiger partial charge is 0.457 e. The molecule has 0 atom stereocenters. The van der Waals surface area contributed by atoms with E-state index in [0.29, 0.717) is 12.6 Å². The molecule has 0 aromatic heterocycles. The van der Waals surface area contributed by atoms with Gasteiger partial charge < -0.3 is 4.90 Å². The van der Waals surface area contributed by atoms with E-state index in [0.717, 1.165) is 12.8 Å². The molecule has 1 aliphatic rings. The molecule has 0 aromatic rings. The van der Waals surface area contributed by atoms with Crippen molar-refractivity contribution in [3.8, 4) is 0 Å². The summed E-state index contributed by atoms with van der Waals surface area (Å²) in [5.74, 6) is 0. The van der Waals surface area contributed by atoms with Crippen LogP contribution in [0.4, 0.5) is 13.2 Å². The molecule has 0 saturated heterocycles. The first-order chi connectivity index (χ1) is 5.49. The molecular formula is C7H13F3N2. The molecule has 5 heteroatoms. The number of nitrogens with zero attached hydrogens (tertiary/aromatic N) is 1. The lowest BCUT2D eigenvalue weighted by atomic mass is 10.5. The summed E-state index contributed by atoms with van der Waals surface area (Å²) in [5, 5.41) is 1.49. The second-order valence-electron chi connectivity index (χ2n) is 3.14. The summed E-state index contributed by atoms with van der Waals surface area (Å²) in [6.07, 6.45) is -1.98. The second kappa shape index (κ2) is 3.62. The highest BCUT2D eigenvalue weighted by Gasteiger charge is 2.28. The van der Waals surface area contributed by atoms with Crippen LogP contribution < -0.4 is 5.32 Å². The Bertz CT molecular complexity index is 142. The van der Waals surface area contributed by atoms with Crippen LogP contribution in [0.25, 0.3) is 0 Å². The van der Waals surface area contributed by atoms with Gasteiger partial charge in [-0.25, -0.2) is 5.32 Å². The normalized spacial score (nSPS) is 18.8. The van der Waals surface area contributed by atoms with Gasteiger partial charge in [-0.05, 0) is 19.9 Å². The fourth-order valence-corrected chi connectivity index (χ4v) is 1.07. The highest BCUT2D eigenvalue weighted by atomic mass is 19.4. The molecule has 0 heterocycles. The molecule has 0 bridgehead atoms. The molecule has 2 nitrogen and oxygen atoms in total. The smallest absolute Gasteiger partial charge is 0.302 e. The van der Waals surface area contributed by atoms with Crippen LogP contribution in [0.5, 0.6) is 0 Å². The van der Waals surface area contributed by atoms with Crippen molar-refractivity contribution in [2.75, 3.05) is 20.1 Å². The summed E-state index contributed by atoms with van der Waals surface area (Å²) in [4.78, 5) is 1.96. The molecule has 0 aliphatic heterocycles. The van der Waals surface area contributed by atoms with E-state index in [-0.39, 0.29) is 6.54 Å². The molecule has 0 unspecified atom stereocenters. The first kappa shape index (κ1) is 9.80. The van der Waals surface area contributed by atoms with Gasteiger partial charge >= 0.3 is 6.30 Å². The van der Waals surface area contributed by atoms with E-state index in [4.69, 9.17) is 0 Å². The van der Waals surface area contributed by atoms with Crippen LogP contribution in [0.3, 0.4) is 0 Å². The Kier molecular flexibility index (Phi) is 2.95. The highest BCUT2D eigenvalue weighted by Crippen LogP contribution is 2.24. The molecule has 12 heavy (non-hydrogen) atoms. The van der Waals surface area contributed by atoms with Gasteiger partial charge in [-0.2, -0.15) is 13.2 Å². The van der Waals surface area contributed by atoms with Gasteiger partial charge in [-0.3, -0.25) is 0 Å². The lowest BCUT2D eigenvalue weighted by molar-refractivity contribution is -0.157. The lowest BCUT2D eigenvalue weighted by Gasteiger charge is -2.16. The standard InChI is InChI=1S/C7H13F3N2/c1-12(6-2-3-6)5-4-11-7(8,9)10/h6,11H,2-5H2,1H3. The molecule has 0 aromatic carbocycles. The van der Waals surface area contributed by atoms with Crippen molar-refractivity contribution >= 4 is 0 Å². The van der Waals surface area contributed by atoms with Gasteiger partial charge in [-0.1, -0.05) is 0 Å². The minimum absolute atomic E-state index is 0.0174. The van der Waals surface area contributed by atoms with Gasteiger partial charge in [0.15, 0.2) is 0 Å². The predicted octanol–water partition coefficient (Wildman–Crippen LogP) is 1.19. The van der Waals surface area contributed by atoms with E-state index in [1.54, 1.807) is 0 Å². The summed E-state index contributed by atoms with van der Waals surface area (Å²) >= 11 is 0. The zero-order valence-corrected chi connectivity index (χ0v) is 6.99. The van der Waals surface area contributed by atoms with Gasteiger partial charge in [0.25, 0.3) is 0 Å². The number of rotatable bonds is 4. The third-order valence-corrected chi connectivity index (χ3v) is 1.96. The van der Waals surface area contributed by atoms with Gasteiger partial charge in [-0.15, -0.1) is 0 Å². The second-order valence-corrected chi connectivity index (χ2v) is 3.14. The number of hydrogen-bond acceptors (Lipinski definition) is 2. The van der Waals surface area contributed by atoms with E-state index in [2.05, 4.69) is 0 Å². The summed E-state index contributed by atoms with van der Waals surface area (Å²) in [7, 11) is 1.86. The molecule has 1 N–H and O–H groups in total. The molecule has 1 saturated carbocycles. The quantitative estimate of drug-likeness (QED) is 0.657. The number of alkyl halides is 3. The maximum absolute atomic E-state index is 11.6. The van der Waals surface area contributed by atoms with E-state index < -0.39 is 6.30 Å². The fourth-order valence-electron chi connectivity index (χ4n) is 1.07. The average molecular weight is 182 g/mol. The monoisotopic (exact) mass is 182 g/mol. The molecule has 0 amide bonds. The maximum atomic E-state index is 11.6. The molecule has 0 radical (unpaired) electrons. The number of nitrogens with one attached hydrogen (secondary N) is 1. The minimum Gasteiger partial charge on any atom is -0.302 e. The average Bonchev–Trinajstić information content (AvgIpc) is 2.64. The van der Waals surface area contributed by atoms with Crippen LogP contribution >= 0.6 is 0 Å². The Balaban J connectivity index is 2.01. The van der Waals surface area contributed by atoms with Crippen molar-refractivity contribution in [1.29, 1.82) is 0 Å². The SMILES string of the molecule is CN(CCNC(F)(F)F)C1CC1. The molecule has 1 fully saturated rings. The van der Waals surface area contributed by atoms with E-state index in [9.17, 15) is 13.2 Å². The molecule has 1 rings (SSSR count). The number of halogens is 3. The van der Waals surface area contributed by atoms with Gasteiger partial charge in [0, 0.05) is 19.1 Å². The number of hydrogen-bond donors (Lipinski definition) is 1. The number of likely N-dealkylation sites (N-methyl/N-ethyl adjacent to an activating group) is 1. The zero-order valence-electron chi connectivity index (χ0n) is 6.99. The van der Waals surface area contributed by atoms with Crippen molar-refractivity contribution in [2.24, 2.45) is 0 Å². The topological polar surface area (TPSA) is 15.3 Å². The Labute approximate surface area is 69.7 Å². The van der Waals surface area contributed by atoms with Crippen LogP contribution in [0.15, 0.2) is 0 Å². The third kappa shape index (κ3) is 3.92. The van der Waals surface area contributed by atoms with Crippen molar-refractivity contribution in [3.63, 3.8) is 0 Å². The van der Waals surface area contributed by atoms with Crippen molar-refractivity contribution in [3.05, 3.63) is 0 Å². The van der Waals surface area contributed by atoms with Crippen molar-refractivity contribution in [1.82, 2.24) is 10.2 Å². The Morgan fingerprint density at radius 2 is 2.00 bits per heavy atom. The van der Waals surface area contributed by atoms with Crippen molar-refractivity contribution in [2.45, 2.75) is 25.2 Å². The van der Waals surface area contributed by atoms with E-state index in [1.807, 2.05) is 11.9 Å².